The molecule has 1 saturated carbocycles. The second kappa shape index (κ2) is 9.05. The normalized spacial score (nSPS) is 16.6. The van der Waals surface area contributed by atoms with Gasteiger partial charge in [-0.1, -0.05) is 30.3 Å². The Morgan fingerprint density at radius 1 is 0.973 bits per heavy atom. The maximum atomic E-state index is 14.1. The standard InChI is InChI=1S/C27H26F3NO5S/c1-31(2)37(33,34)20-7-4-18(5-8-20)21-9-3-17(13-22(21)27(28,29)30)14-25(32)26(11-12-26)19-6-10-23-24(15-19)36-16-35-23/h3-10,13,15,33-34H,11-12,14,16H2,1-2H3. The Balaban J connectivity index is 1.42. The van der Waals surface area contributed by atoms with Gasteiger partial charge in [0.05, 0.1) is 15.9 Å². The molecule has 5 rings (SSSR count). The van der Waals surface area contributed by atoms with Gasteiger partial charge < -0.3 is 9.47 Å². The Labute approximate surface area is 214 Å². The minimum absolute atomic E-state index is 0.0477. The van der Waals surface area contributed by atoms with E-state index < -0.39 is 27.9 Å². The van der Waals surface area contributed by atoms with E-state index in [2.05, 4.69) is 0 Å². The van der Waals surface area contributed by atoms with E-state index in [0.717, 1.165) is 11.6 Å². The summed E-state index contributed by atoms with van der Waals surface area (Å²) in [5, 5.41) is 0. The summed E-state index contributed by atoms with van der Waals surface area (Å²) in [5.41, 5.74) is -0.262. The second-order valence-corrected chi connectivity index (χ2v) is 11.7. The molecule has 0 bridgehead atoms. The van der Waals surface area contributed by atoms with Crippen molar-refractivity contribution in [3.05, 3.63) is 77.4 Å². The minimum atomic E-state index is -4.64. The number of nitrogens with zero attached hydrogens (tertiary/aromatic N) is 1. The molecule has 37 heavy (non-hydrogen) atoms. The number of carbonyl (C=O) groups excluding carboxylic acids is 1. The van der Waals surface area contributed by atoms with Crippen LogP contribution in [-0.2, 0) is 22.8 Å². The van der Waals surface area contributed by atoms with Gasteiger partial charge in [-0.15, -0.1) is 10.8 Å². The van der Waals surface area contributed by atoms with Crippen LogP contribution in [0.4, 0.5) is 13.2 Å². The first kappa shape index (κ1) is 25.6. The molecule has 1 aliphatic heterocycles. The van der Waals surface area contributed by atoms with Crippen LogP contribution >= 0.6 is 10.8 Å². The van der Waals surface area contributed by atoms with Crippen LogP contribution in [0.2, 0.25) is 0 Å². The van der Waals surface area contributed by atoms with Crippen molar-refractivity contribution in [2.24, 2.45) is 0 Å². The number of hydrogen-bond donors (Lipinski definition) is 2. The summed E-state index contributed by atoms with van der Waals surface area (Å²) in [6.07, 6.45) is -3.50. The molecule has 1 aliphatic carbocycles. The number of benzene rings is 3. The van der Waals surface area contributed by atoms with Gasteiger partial charge in [0.15, 0.2) is 11.5 Å². The van der Waals surface area contributed by atoms with Gasteiger partial charge in [-0.05, 0) is 65.4 Å². The molecular formula is C27H26F3NO5S. The van der Waals surface area contributed by atoms with Crippen LogP contribution in [0.3, 0.4) is 0 Å². The summed E-state index contributed by atoms with van der Waals surface area (Å²) in [4.78, 5) is 13.5. The van der Waals surface area contributed by atoms with Gasteiger partial charge in [0.25, 0.3) is 0 Å². The lowest BCUT2D eigenvalue weighted by molar-refractivity contribution is -0.137. The summed E-state index contributed by atoms with van der Waals surface area (Å²) in [5.74, 6) is 1.04. The molecule has 3 aromatic rings. The van der Waals surface area contributed by atoms with Crippen molar-refractivity contribution in [3.8, 4) is 22.6 Å². The van der Waals surface area contributed by atoms with E-state index in [-0.39, 0.29) is 40.6 Å². The van der Waals surface area contributed by atoms with Crippen LogP contribution in [-0.4, -0.2) is 40.1 Å². The molecule has 2 aliphatic rings. The van der Waals surface area contributed by atoms with Crippen LogP contribution < -0.4 is 9.47 Å². The fraction of sp³-hybridized carbons (Fsp3) is 0.296. The Hall–Kier alpha value is -3.05. The van der Waals surface area contributed by atoms with E-state index in [1.165, 1.54) is 48.7 Å². The monoisotopic (exact) mass is 533 g/mol. The topological polar surface area (TPSA) is 79.2 Å². The smallest absolute Gasteiger partial charge is 0.417 e. The van der Waals surface area contributed by atoms with Crippen molar-refractivity contribution in [3.63, 3.8) is 0 Å². The van der Waals surface area contributed by atoms with Crippen LogP contribution in [0.5, 0.6) is 11.5 Å². The molecular weight excluding hydrogens is 507 g/mol. The number of alkyl halides is 3. The van der Waals surface area contributed by atoms with Crippen LogP contribution in [0.1, 0.15) is 29.5 Å². The lowest BCUT2D eigenvalue weighted by Crippen LogP contribution is -2.22. The molecule has 6 nitrogen and oxygen atoms in total. The average molecular weight is 534 g/mol. The third-order valence-electron chi connectivity index (χ3n) is 6.95. The van der Waals surface area contributed by atoms with Crippen molar-refractivity contribution in [1.29, 1.82) is 0 Å². The predicted octanol–water partition coefficient (Wildman–Crippen LogP) is 6.53. The number of Topliss-reactive ketones (excluding diaryl/α,β-unsaturated/α-hetero) is 1. The van der Waals surface area contributed by atoms with E-state index in [1.54, 1.807) is 18.2 Å². The fourth-order valence-electron chi connectivity index (χ4n) is 4.62. The highest BCUT2D eigenvalue weighted by atomic mass is 32.3. The Morgan fingerprint density at radius 2 is 1.65 bits per heavy atom. The first-order chi connectivity index (χ1) is 17.4. The van der Waals surface area contributed by atoms with Gasteiger partial charge in [0.1, 0.15) is 5.78 Å². The van der Waals surface area contributed by atoms with Gasteiger partial charge in [0, 0.05) is 20.5 Å². The lowest BCUT2D eigenvalue weighted by atomic mass is 9.87. The zero-order valence-electron chi connectivity index (χ0n) is 20.2. The zero-order chi connectivity index (χ0) is 26.6. The molecule has 0 atom stereocenters. The number of rotatable bonds is 7. The van der Waals surface area contributed by atoms with Gasteiger partial charge in [-0.25, -0.2) is 4.31 Å². The van der Waals surface area contributed by atoms with Gasteiger partial charge in [0.2, 0.25) is 6.79 Å². The van der Waals surface area contributed by atoms with E-state index in [1.807, 2.05) is 6.07 Å². The van der Waals surface area contributed by atoms with E-state index in [0.29, 0.717) is 24.3 Å². The van der Waals surface area contributed by atoms with E-state index in [9.17, 15) is 27.1 Å². The van der Waals surface area contributed by atoms with Crippen LogP contribution in [0.15, 0.2) is 65.6 Å². The molecule has 0 saturated heterocycles. The maximum absolute atomic E-state index is 14.1. The van der Waals surface area contributed by atoms with Crippen molar-refractivity contribution in [2.75, 3.05) is 20.9 Å². The summed E-state index contributed by atoms with van der Waals surface area (Å²) in [6.45, 7) is 0.118. The number of fused-ring (bicyclic) bond motifs is 1. The molecule has 1 fully saturated rings. The van der Waals surface area contributed by atoms with Crippen molar-refractivity contribution in [2.45, 2.75) is 35.7 Å². The molecule has 196 valence electrons. The number of halogens is 3. The van der Waals surface area contributed by atoms with Gasteiger partial charge >= 0.3 is 6.18 Å². The highest BCUT2D eigenvalue weighted by Crippen LogP contribution is 2.52. The number of carbonyl (C=O) groups is 1. The Bertz CT molecular complexity index is 1350. The minimum Gasteiger partial charge on any atom is -0.454 e. The highest BCUT2D eigenvalue weighted by Gasteiger charge is 2.51. The Morgan fingerprint density at radius 3 is 2.27 bits per heavy atom. The molecule has 1 heterocycles. The highest BCUT2D eigenvalue weighted by molar-refractivity contribution is 8.22. The maximum Gasteiger partial charge on any atom is 0.417 e. The molecule has 0 radical (unpaired) electrons. The van der Waals surface area contributed by atoms with Crippen molar-refractivity contribution in [1.82, 2.24) is 4.31 Å². The molecule has 3 aromatic carbocycles. The summed E-state index contributed by atoms with van der Waals surface area (Å²) in [6, 6.07) is 15.0. The second-order valence-electron chi connectivity index (χ2n) is 9.48. The quantitative estimate of drug-likeness (QED) is 0.360. The largest absolute Gasteiger partial charge is 0.454 e. The predicted molar refractivity (Wildman–Crippen MR) is 134 cm³/mol. The van der Waals surface area contributed by atoms with Crippen LogP contribution in [0.25, 0.3) is 11.1 Å². The van der Waals surface area contributed by atoms with Crippen LogP contribution in [0, 0.1) is 0 Å². The molecule has 10 heteroatoms. The summed E-state index contributed by atoms with van der Waals surface area (Å²) < 4.78 is 74.8. The zero-order valence-corrected chi connectivity index (χ0v) is 21.0. The average Bonchev–Trinajstić information content (AvgIpc) is 3.54. The molecule has 0 amide bonds. The van der Waals surface area contributed by atoms with E-state index in [4.69, 9.17) is 9.47 Å². The first-order valence-electron chi connectivity index (χ1n) is 11.6. The van der Waals surface area contributed by atoms with Gasteiger partial charge in [-0.3, -0.25) is 13.9 Å². The van der Waals surface area contributed by atoms with E-state index >= 15 is 0 Å². The van der Waals surface area contributed by atoms with Gasteiger partial charge in [-0.2, -0.15) is 13.2 Å². The number of hydrogen-bond acceptors (Lipinski definition) is 6. The third-order valence-corrected chi connectivity index (χ3v) is 8.88. The summed E-state index contributed by atoms with van der Waals surface area (Å²) in [7, 11) is -0.204. The molecule has 2 N–H and O–H groups in total. The Kier molecular flexibility index (Phi) is 6.26. The molecule has 0 aromatic heterocycles. The first-order valence-corrected chi connectivity index (χ1v) is 13.1. The number of ether oxygens (including phenoxy) is 2. The lowest BCUT2D eigenvalue weighted by Gasteiger charge is -2.38. The molecule has 0 spiro atoms. The van der Waals surface area contributed by atoms with Crippen molar-refractivity contribution < 1.29 is 36.5 Å². The molecule has 0 unspecified atom stereocenters. The number of ketones is 1. The van der Waals surface area contributed by atoms with Crippen molar-refractivity contribution >= 4 is 16.6 Å². The third kappa shape index (κ3) is 4.70. The fourth-order valence-corrected chi connectivity index (χ4v) is 5.54. The SMILES string of the molecule is CN(C)S(O)(O)c1ccc(-c2ccc(CC(=O)C3(c4ccc5c(c4)OCO5)CC3)cc2C(F)(F)F)cc1. The summed E-state index contributed by atoms with van der Waals surface area (Å²) >= 11 is 0.